The molecule has 0 saturated heterocycles. The van der Waals surface area contributed by atoms with Gasteiger partial charge in [-0.15, -0.1) is 21.5 Å². The second-order valence-corrected chi connectivity index (χ2v) is 8.62. The van der Waals surface area contributed by atoms with E-state index in [0.717, 1.165) is 40.8 Å². The highest BCUT2D eigenvalue weighted by molar-refractivity contribution is 7.99. The fourth-order valence-electron chi connectivity index (χ4n) is 2.87. The maximum absolute atomic E-state index is 12.4. The Morgan fingerprint density at radius 2 is 2.04 bits per heavy atom. The molecule has 1 amide bonds. The lowest BCUT2D eigenvalue weighted by Crippen LogP contribution is -2.15. The Morgan fingerprint density at radius 3 is 2.70 bits per heavy atom. The van der Waals surface area contributed by atoms with Crippen LogP contribution in [-0.4, -0.2) is 26.4 Å². The second-order valence-electron chi connectivity index (χ2n) is 6.56. The minimum atomic E-state index is -0.0362. The molecule has 0 atom stereocenters. The van der Waals surface area contributed by atoms with Crippen molar-refractivity contribution in [2.24, 2.45) is 0 Å². The summed E-state index contributed by atoms with van der Waals surface area (Å²) in [5, 5.41) is 14.6. The van der Waals surface area contributed by atoms with Gasteiger partial charge in [0.25, 0.3) is 0 Å². The van der Waals surface area contributed by atoms with E-state index in [2.05, 4.69) is 51.4 Å². The third kappa shape index (κ3) is 4.78. The van der Waals surface area contributed by atoms with E-state index in [-0.39, 0.29) is 5.91 Å². The third-order valence-corrected chi connectivity index (χ3v) is 5.97. The first kappa shape index (κ1) is 19.6. The number of amides is 1. The standard InChI is InChI=1S/C20H24N4OS2/c1-5-8-24-19(16-10-15(4)26-11-16)22-23-20(24)27-12-18(25)21-17-7-6-13(2)9-14(17)3/h6-7,9-11H,5,8,12H2,1-4H3,(H,21,25). The average Bonchev–Trinajstić information content (AvgIpc) is 3.22. The Bertz CT molecular complexity index is 945. The number of aryl methyl sites for hydroxylation is 3. The predicted octanol–water partition coefficient (Wildman–Crippen LogP) is 5.07. The van der Waals surface area contributed by atoms with E-state index >= 15 is 0 Å². The quantitative estimate of drug-likeness (QED) is 0.562. The van der Waals surface area contributed by atoms with Crippen LogP contribution in [0.25, 0.3) is 11.4 Å². The Balaban J connectivity index is 1.70. The minimum Gasteiger partial charge on any atom is -0.325 e. The molecule has 1 N–H and O–H groups in total. The van der Waals surface area contributed by atoms with Crippen molar-refractivity contribution in [2.75, 3.05) is 11.1 Å². The molecule has 27 heavy (non-hydrogen) atoms. The first-order chi connectivity index (χ1) is 13.0. The van der Waals surface area contributed by atoms with Crippen molar-refractivity contribution >= 4 is 34.7 Å². The SMILES string of the molecule is CCCn1c(SCC(=O)Nc2ccc(C)cc2C)nnc1-c1csc(C)c1. The van der Waals surface area contributed by atoms with Crippen LogP contribution >= 0.6 is 23.1 Å². The van der Waals surface area contributed by atoms with Crippen molar-refractivity contribution in [3.8, 4) is 11.4 Å². The Morgan fingerprint density at radius 1 is 1.22 bits per heavy atom. The monoisotopic (exact) mass is 400 g/mol. The normalized spacial score (nSPS) is 11.0. The highest BCUT2D eigenvalue weighted by Crippen LogP contribution is 2.28. The summed E-state index contributed by atoms with van der Waals surface area (Å²) in [6, 6.07) is 8.14. The van der Waals surface area contributed by atoms with Crippen molar-refractivity contribution in [1.82, 2.24) is 14.8 Å². The summed E-state index contributed by atoms with van der Waals surface area (Å²) < 4.78 is 2.11. The lowest BCUT2D eigenvalue weighted by Gasteiger charge is -2.10. The Hall–Kier alpha value is -2.12. The van der Waals surface area contributed by atoms with E-state index in [4.69, 9.17) is 0 Å². The zero-order valence-corrected chi connectivity index (χ0v) is 17.7. The lowest BCUT2D eigenvalue weighted by molar-refractivity contribution is -0.113. The van der Waals surface area contributed by atoms with Gasteiger partial charge in [0.15, 0.2) is 11.0 Å². The molecule has 3 aromatic rings. The number of carbonyl (C=O) groups is 1. The molecule has 0 radical (unpaired) electrons. The molecule has 5 nitrogen and oxygen atoms in total. The molecule has 0 aliphatic rings. The summed E-state index contributed by atoms with van der Waals surface area (Å²) in [7, 11) is 0. The van der Waals surface area contributed by atoms with Gasteiger partial charge in [0.05, 0.1) is 5.75 Å². The smallest absolute Gasteiger partial charge is 0.234 e. The molecule has 142 valence electrons. The zero-order chi connectivity index (χ0) is 19.4. The van der Waals surface area contributed by atoms with E-state index in [1.54, 1.807) is 11.3 Å². The molecular weight excluding hydrogens is 376 g/mol. The molecule has 3 rings (SSSR count). The molecule has 1 aromatic carbocycles. The number of nitrogens with one attached hydrogen (secondary N) is 1. The zero-order valence-electron chi connectivity index (χ0n) is 16.1. The molecule has 7 heteroatoms. The summed E-state index contributed by atoms with van der Waals surface area (Å²) in [5.41, 5.74) is 4.20. The van der Waals surface area contributed by atoms with Crippen LogP contribution in [0.15, 0.2) is 34.8 Å². The lowest BCUT2D eigenvalue weighted by atomic mass is 10.1. The van der Waals surface area contributed by atoms with Gasteiger partial charge < -0.3 is 9.88 Å². The van der Waals surface area contributed by atoms with Crippen molar-refractivity contribution in [3.05, 3.63) is 45.6 Å². The van der Waals surface area contributed by atoms with Gasteiger partial charge in [-0.05, 0) is 44.9 Å². The summed E-state index contributed by atoms with van der Waals surface area (Å²) in [5.74, 6) is 1.14. The van der Waals surface area contributed by atoms with E-state index in [1.807, 2.05) is 26.0 Å². The highest BCUT2D eigenvalue weighted by Gasteiger charge is 2.16. The number of nitrogens with zero attached hydrogens (tertiary/aromatic N) is 3. The molecule has 2 heterocycles. The summed E-state index contributed by atoms with van der Waals surface area (Å²) in [6.07, 6.45) is 0.983. The topological polar surface area (TPSA) is 59.8 Å². The van der Waals surface area contributed by atoms with Crippen LogP contribution in [0, 0.1) is 20.8 Å². The fraction of sp³-hybridized carbons (Fsp3) is 0.350. The fourth-order valence-corrected chi connectivity index (χ4v) is 4.31. The maximum Gasteiger partial charge on any atom is 0.234 e. The first-order valence-electron chi connectivity index (χ1n) is 8.96. The van der Waals surface area contributed by atoms with Gasteiger partial charge in [-0.3, -0.25) is 4.79 Å². The van der Waals surface area contributed by atoms with E-state index in [9.17, 15) is 4.79 Å². The molecular formula is C20H24N4OS2. The van der Waals surface area contributed by atoms with Crippen LogP contribution < -0.4 is 5.32 Å². The van der Waals surface area contributed by atoms with Gasteiger partial charge in [-0.25, -0.2) is 0 Å². The molecule has 0 aliphatic heterocycles. The molecule has 0 unspecified atom stereocenters. The Kier molecular flexibility index (Phi) is 6.34. The van der Waals surface area contributed by atoms with Crippen molar-refractivity contribution in [1.29, 1.82) is 0 Å². The largest absolute Gasteiger partial charge is 0.325 e. The van der Waals surface area contributed by atoms with Crippen molar-refractivity contribution in [3.63, 3.8) is 0 Å². The number of carbonyl (C=O) groups excluding carboxylic acids is 1. The molecule has 0 fully saturated rings. The highest BCUT2D eigenvalue weighted by atomic mass is 32.2. The van der Waals surface area contributed by atoms with Gasteiger partial charge in [0, 0.05) is 28.1 Å². The minimum absolute atomic E-state index is 0.0362. The van der Waals surface area contributed by atoms with Crippen LogP contribution in [0.3, 0.4) is 0 Å². The van der Waals surface area contributed by atoms with E-state index in [1.165, 1.54) is 22.2 Å². The Labute approximate surface area is 168 Å². The van der Waals surface area contributed by atoms with Crippen LogP contribution in [0.2, 0.25) is 0 Å². The van der Waals surface area contributed by atoms with Crippen LogP contribution in [0.5, 0.6) is 0 Å². The number of anilines is 1. The number of thioether (sulfide) groups is 1. The number of hydrogen-bond acceptors (Lipinski definition) is 5. The number of rotatable bonds is 7. The average molecular weight is 401 g/mol. The van der Waals surface area contributed by atoms with Crippen molar-refractivity contribution in [2.45, 2.75) is 45.8 Å². The maximum atomic E-state index is 12.4. The molecule has 0 saturated carbocycles. The van der Waals surface area contributed by atoms with Gasteiger partial charge in [-0.1, -0.05) is 36.4 Å². The number of benzene rings is 1. The second kappa shape index (κ2) is 8.71. The van der Waals surface area contributed by atoms with E-state index < -0.39 is 0 Å². The summed E-state index contributed by atoms with van der Waals surface area (Å²) in [6.45, 7) is 9.09. The molecule has 2 aromatic heterocycles. The van der Waals surface area contributed by atoms with Crippen LogP contribution in [0.1, 0.15) is 29.3 Å². The number of thiophene rings is 1. The van der Waals surface area contributed by atoms with Crippen molar-refractivity contribution < 1.29 is 4.79 Å². The molecule has 0 bridgehead atoms. The first-order valence-corrected chi connectivity index (χ1v) is 10.8. The summed E-state index contributed by atoms with van der Waals surface area (Å²) >= 11 is 3.13. The van der Waals surface area contributed by atoms with Crippen LogP contribution in [-0.2, 0) is 11.3 Å². The van der Waals surface area contributed by atoms with Crippen LogP contribution in [0.4, 0.5) is 5.69 Å². The van der Waals surface area contributed by atoms with E-state index in [0.29, 0.717) is 5.75 Å². The number of hydrogen-bond donors (Lipinski definition) is 1. The summed E-state index contributed by atoms with van der Waals surface area (Å²) in [4.78, 5) is 13.6. The molecule has 0 aliphatic carbocycles. The predicted molar refractivity (Wildman–Crippen MR) is 114 cm³/mol. The van der Waals surface area contributed by atoms with Gasteiger partial charge in [0.2, 0.25) is 5.91 Å². The molecule has 0 spiro atoms. The number of aromatic nitrogens is 3. The third-order valence-electron chi connectivity index (χ3n) is 4.14. The van der Waals surface area contributed by atoms with Gasteiger partial charge >= 0.3 is 0 Å². The van der Waals surface area contributed by atoms with Gasteiger partial charge in [0.1, 0.15) is 0 Å². The van der Waals surface area contributed by atoms with Gasteiger partial charge in [-0.2, -0.15) is 0 Å².